The number of nitrogens with one attached hydrogen (secondary N) is 2. The third-order valence-electron chi connectivity index (χ3n) is 3.49. The Labute approximate surface area is 122 Å². The van der Waals surface area contributed by atoms with Crippen molar-refractivity contribution < 1.29 is 14.5 Å². The van der Waals surface area contributed by atoms with Gasteiger partial charge in [-0.3, -0.25) is 14.9 Å². The van der Waals surface area contributed by atoms with Gasteiger partial charge >= 0.3 is 0 Å². The molecule has 0 saturated carbocycles. The van der Waals surface area contributed by atoms with Gasteiger partial charge in [0.15, 0.2) is 0 Å². The van der Waals surface area contributed by atoms with Crippen LogP contribution in [0.15, 0.2) is 18.2 Å². The number of rotatable bonds is 5. The molecule has 2 N–H and O–H groups in total. The van der Waals surface area contributed by atoms with Crippen LogP contribution in [0.5, 0.6) is 0 Å². The highest BCUT2D eigenvalue weighted by atomic mass is 16.6. The molecule has 1 aromatic rings. The van der Waals surface area contributed by atoms with Crippen molar-refractivity contribution in [2.45, 2.75) is 25.4 Å². The summed E-state index contributed by atoms with van der Waals surface area (Å²) in [6, 6.07) is 4.38. The van der Waals surface area contributed by atoms with Crippen molar-refractivity contribution in [3.63, 3.8) is 0 Å². The maximum atomic E-state index is 12.2. The van der Waals surface area contributed by atoms with Crippen molar-refractivity contribution in [2.24, 2.45) is 0 Å². The molecule has 0 spiro atoms. The van der Waals surface area contributed by atoms with E-state index in [1.54, 1.807) is 13.1 Å². The quantitative estimate of drug-likeness (QED) is 0.639. The summed E-state index contributed by atoms with van der Waals surface area (Å²) < 4.78 is 5.53. The van der Waals surface area contributed by atoms with Gasteiger partial charge in [0.25, 0.3) is 11.6 Å². The average molecular weight is 293 g/mol. The second-order valence-electron chi connectivity index (χ2n) is 4.94. The molecule has 21 heavy (non-hydrogen) atoms. The second kappa shape index (κ2) is 7.03. The number of hydrogen-bond acceptors (Lipinski definition) is 5. The van der Waals surface area contributed by atoms with Crippen LogP contribution >= 0.6 is 0 Å². The molecule has 0 aromatic heterocycles. The summed E-state index contributed by atoms with van der Waals surface area (Å²) >= 11 is 0. The van der Waals surface area contributed by atoms with Gasteiger partial charge in [0.2, 0.25) is 0 Å². The zero-order valence-corrected chi connectivity index (χ0v) is 11.9. The van der Waals surface area contributed by atoms with Crippen molar-refractivity contribution in [3.8, 4) is 0 Å². The van der Waals surface area contributed by atoms with Crippen molar-refractivity contribution in [1.82, 2.24) is 5.32 Å². The fraction of sp³-hybridized carbons (Fsp3) is 0.500. The van der Waals surface area contributed by atoms with Crippen LogP contribution in [0.25, 0.3) is 0 Å². The van der Waals surface area contributed by atoms with Gasteiger partial charge in [0.1, 0.15) is 5.56 Å². The van der Waals surface area contributed by atoms with E-state index in [-0.39, 0.29) is 17.4 Å². The first-order chi connectivity index (χ1) is 10.1. The van der Waals surface area contributed by atoms with Crippen LogP contribution in [0.1, 0.15) is 29.6 Å². The topological polar surface area (TPSA) is 93.5 Å². The Morgan fingerprint density at radius 2 is 2.29 bits per heavy atom. The minimum atomic E-state index is -0.550. The summed E-state index contributed by atoms with van der Waals surface area (Å²) in [5.74, 6) is -0.451. The summed E-state index contributed by atoms with van der Waals surface area (Å²) in [5.41, 5.74) is 0.512. The average Bonchev–Trinajstić information content (AvgIpc) is 2.52. The van der Waals surface area contributed by atoms with Crippen LogP contribution in [-0.4, -0.2) is 37.1 Å². The van der Waals surface area contributed by atoms with E-state index in [1.165, 1.54) is 12.1 Å². The molecule has 1 saturated heterocycles. The Morgan fingerprint density at radius 1 is 1.48 bits per heavy atom. The molecular weight excluding hydrogens is 274 g/mol. The first kappa shape index (κ1) is 15.2. The highest BCUT2D eigenvalue weighted by molar-refractivity contribution is 5.99. The SMILES string of the molecule is CNc1ccc([N+](=O)[O-])c(C(=O)NCC2CCCCO2)c1. The third kappa shape index (κ3) is 3.91. The molecule has 2 rings (SSSR count). The normalized spacial score (nSPS) is 18.0. The largest absolute Gasteiger partial charge is 0.388 e. The van der Waals surface area contributed by atoms with Crippen LogP contribution in [0.3, 0.4) is 0 Å². The Bertz CT molecular complexity index is 527. The van der Waals surface area contributed by atoms with Crippen molar-refractivity contribution in [1.29, 1.82) is 0 Å². The molecule has 7 heteroatoms. The highest BCUT2D eigenvalue weighted by Gasteiger charge is 2.22. The van der Waals surface area contributed by atoms with E-state index in [4.69, 9.17) is 4.74 Å². The molecule has 1 aliphatic heterocycles. The van der Waals surface area contributed by atoms with Gasteiger partial charge in [-0.05, 0) is 31.4 Å². The van der Waals surface area contributed by atoms with E-state index in [0.717, 1.165) is 19.3 Å². The Kier molecular flexibility index (Phi) is 5.10. The van der Waals surface area contributed by atoms with Crippen molar-refractivity contribution in [3.05, 3.63) is 33.9 Å². The monoisotopic (exact) mass is 293 g/mol. The fourth-order valence-electron chi connectivity index (χ4n) is 2.30. The molecule has 1 atom stereocenters. The lowest BCUT2D eigenvalue weighted by molar-refractivity contribution is -0.385. The van der Waals surface area contributed by atoms with Gasteiger partial charge in [0.05, 0.1) is 11.0 Å². The molecule has 1 heterocycles. The first-order valence-electron chi connectivity index (χ1n) is 6.98. The summed E-state index contributed by atoms with van der Waals surface area (Å²) in [6.45, 7) is 1.08. The number of carbonyl (C=O) groups excluding carboxylic acids is 1. The smallest absolute Gasteiger partial charge is 0.282 e. The second-order valence-corrected chi connectivity index (χ2v) is 4.94. The Morgan fingerprint density at radius 3 is 2.90 bits per heavy atom. The molecule has 7 nitrogen and oxygen atoms in total. The van der Waals surface area contributed by atoms with E-state index in [0.29, 0.717) is 18.8 Å². The van der Waals surface area contributed by atoms with Crippen LogP contribution < -0.4 is 10.6 Å². The predicted octanol–water partition coefficient (Wildman–Crippen LogP) is 1.94. The molecule has 1 aromatic carbocycles. The van der Waals surface area contributed by atoms with E-state index in [9.17, 15) is 14.9 Å². The summed E-state index contributed by atoms with van der Waals surface area (Å²) in [6.07, 6.45) is 3.02. The van der Waals surface area contributed by atoms with Crippen LogP contribution in [0.4, 0.5) is 11.4 Å². The number of ether oxygens (including phenoxy) is 1. The summed E-state index contributed by atoms with van der Waals surface area (Å²) in [5, 5.41) is 16.6. The molecular formula is C14H19N3O4. The molecule has 0 aliphatic carbocycles. The molecule has 0 bridgehead atoms. The molecule has 1 unspecified atom stereocenters. The van der Waals surface area contributed by atoms with Gasteiger partial charge in [0, 0.05) is 32.0 Å². The fourth-order valence-corrected chi connectivity index (χ4v) is 2.30. The molecule has 1 aliphatic rings. The number of amides is 1. The number of carbonyl (C=O) groups is 1. The van der Waals surface area contributed by atoms with Crippen LogP contribution in [-0.2, 0) is 4.74 Å². The first-order valence-corrected chi connectivity index (χ1v) is 6.98. The molecule has 1 amide bonds. The molecule has 0 radical (unpaired) electrons. The lowest BCUT2D eigenvalue weighted by Crippen LogP contribution is -2.35. The van der Waals surface area contributed by atoms with Crippen LogP contribution in [0, 0.1) is 10.1 Å². The number of nitro benzene ring substituents is 1. The third-order valence-corrected chi connectivity index (χ3v) is 3.49. The van der Waals surface area contributed by atoms with Gasteiger partial charge < -0.3 is 15.4 Å². The van der Waals surface area contributed by atoms with E-state index >= 15 is 0 Å². The minimum Gasteiger partial charge on any atom is -0.388 e. The lowest BCUT2D eigenvalue weighted by Gasteiger charge is -2.22. The van der Waals surface area contributed by atoms with Gasteiger partial charge in [-0.15, -0.1) is 0 Å². The zero-order chi connectivity index (χ0) is 15.2. The van der Waals surface area contributed by atoms with E-state index in [1.807, 2.05) is 0 Å². The highest BCUT2D eigenvalue weighted by Crippen LogP contribution is 2.22. The molecule has 114 valence electrons. The van der Waals surface area contributed by atoms with E-state index in [2.05, 4.69) is 10.6 Å². The maximum absolute atomic E-state index is 12.2. The van der Waals surface area contributed by atoms with Crippen molar-refractivity contribution in [2.75, 3.05) is 25.5 Å². The number of anilines is 1. The Balaban J connectivity index is 2.07. The lowest BCUT2D eigenvalue weighted by atomic mass is 10.1. The maximum Gasteiger partial charge on any atom is 0.282 e. The summed E-state index contributed by atoms with van der Waals surface area (Å²) in [7, 11) is 1.69. The van der Waals surface area contributed by atoms with Crippen molar-refractivity contribution >= 4 is 17.3 Å². The minimum absolute atomic E-state index is 0.00533. The van der Waals surface area contributed by atoms with Gasteiger partial charge in [-0.25, -0.2) is 0 Å². The zero-order valence-electron chi connectivity index (χ0n) is 11.9. The van der Waals surface area contributed by atoms with Crippen LogP contribution in [0.2, 0.25) is 0 Å². The van der Waals surface area contributed by atoms with Gasteiger partial charge in [-0.1, -0.05) is 0 Å². The summed E-state index contributed by atoms with van der Waals surface area (Å²) in [4.78, 5) is 22.6. The molecule has 1 fully saturated rings. The van der Waals surface area contributed by atoms with E-state index < -0.39 is 10.8 Å². The predicted molar refractivity (Wildman–Crippen MR) is 78.6 cm³/mol. The number of hydrogen-bond donors (Lipinski definition) is 2. The van der Waals surface area contributed by atoms with Gasteiger partial charge in [-0.2, -0.15) is 0 Å². The standard InChI is InChI=1S/C14H19N3O4/c1-15-10-5-6-13(17(19)20)12(8-10)14(18)16-9-11-4-2-3-7-21-11/h5-6,8,11,15H,2-4,7,9H2,1H3,(H,16,18). The number of benzene rings is 1. The number of nitro groups is 1. The Hall–Kier alpha value is -2.15. The number of nitrogens with zero attached hydrogens (tertiary/aromatic N) is 1.